The highest BCUT2D eigenvalue weighted by atomic mass is 32.1. The molecule has 11 heteroatoms. The molecule has 2 N–H and O–H groups in total. The first-order valence-electron chi connectivity index (χ1n) is 16.6. The Balaban J connectivity index is 1.37. The van der Waals surface area contributed by atoms with E-state index in [4.69, 9.17) is 24.6 Å². The zero-order valence-electron chi connectivity index (χ0n) is 27.1. The van der Waals surface area contributed by atoms with Crippen LogP contribution in [0.5, 0.6) is 0 Å². The summed E-state index contributed by atoms with van der Waals surface area (Å²) in [7, 11) is 0. The number of H-pyrrole nitrogens is 2. The normalized spacial score (nSPS) is 11.8. The van der Waals surface area contributed by atoms with E-state index in [2.05, 4.69) is 86.0 Å². The molecule has 0 aliphatic carbocycles. The van der Waals surface area contributed by atoms with E-state index in [9.17, 15) is 0 Å². The molecule has 6 aromatic heterocycles. The molecule has 0 saturated heterocycles. The Morgan fingerprint density at radius 2 is 1.48 bits per heavy atom. The minimum absolute atomic E-state index is 0.485. The Hall–Kier alpha value is -7.11. The van der Waals surface area contributed by atoms with Gasteiger partial charge in [0.15, 0.2) is 11.5 Å². The van der Waals surface area contributed by atoms with Crippen LogP contribution in [-0.4, -0.2) is 45.5 Å². The van der Waals surface area contributed by atoms with Gasteiger partial charge in [-0.2, -0.15) is 0 Å². The largest absolute Gasteiger partial charge is 0.456 e. The van der Waals surface area contributed by atoms with Gasteiger partial charge in [-0.15, -0.1) is 26.6 Å². The molecule has 0 aliphatic heterocycles. The molecule has 0 saturated carbocycles. The molecule has 11 aromatic rings. The fourth-order valence-electron chi connectivity index (χ4n) is 7.11. The lowest BCUT2D eigenvalue weighted by Crippen LogP contribution is -2.01. The van der Waals surface area contributed by atoms with Crippen molar-refractivity contribution in [1.29, 1.82) is 0 Å². The molecule has 0 aliphatic rings. The minimum Gasteiger partial charge on any atom is -0.456 e. The summed E-state index contributed by atoms with van der Waals surface area (Å²) in [4.78, 5) is 18.6. The van der Waals surface area contributed by atoms with Crippen molar-refractivity contribution in [2.24, 2.45) is 0 Å². The Labute approximate surface area is 297 Å². The molecule has 0 atom stereocenters. The van der Waals surface area contributed by atoms with Crippen molar-refractivity contribution < 1.29 is 4.42 Å². The zero-order chi connectivity index (χ0) is 34.2. The Morgan fingerprint density at radius 1 is 0.615 bits per heavy atom. The summed E-state index contributed by atoms with van der Waals surface area (Å²) in [6, 6.07) is 39.1. The first-order valence-corrected chi connectivity index (χ1v) is 17.5. The highest BCUT2D eigenvalue weighted by Gasteiger charge is 2.29. The van der Waals surface area contributed by atoms with Crippen LogP contribution in [0.25, 0.3) is 110 Å². The summed E-state index contributed by atoms with van der Waals surface area (Å²) in [5.74, 6) is 1.16. The van der Waals surface area contributed by atoms with E-state index in [-0.39, 0.29) is 0 Å². The molecule has 0 fully saturated rings. The Kier molecular flexibility index (Phi) is 6.18. The van der Waals surface area contributed by atoms with E-state index in [0.717, 1.165) is 82.1 Å². The Bertz CT molecular complexity index is 3110. The predicted molar refractivity (Wildman–Crippen MR) is 205 cm³/mol. The highest BCUT2D eigenvalue weighted by molar-refractivity contribution is 7.22. The highest BCUT2D eigenvalue weighted by Crippen LogP contribution is 2.53. The van der Waals surface area contributed by atoms with Gasteiger partial charge in [-0.1, -0.05) is 71.9 Å². The summed E-state index contributed by atoms with van der Waals surface area (Å²) in [6.07, 6.45) is 3.39. The molecule has 11 rings (SSSR count). The quantitative estimate of drug-likeness (QED) is 0.182. The van der Waals surface area contributed by atoms with Crippen LogP contribution >= 0.6 is 11.3 Å². The van der Waals surface area contributed by atoms with Gasteiger partial charge in [-0.05, 0) is 59.5 Å². The Morgan fingerprint density at radius 3 is 2.40 bits per heavy atom. The number of benzene rings is 5. The van der Waals surface area contributed by atoms with Crippen molar-refractivity contribution in [3.63, 3.8) is 0 Å². The number of hydrogen-bond donors (Lipinski definition) is 2. The molecule has 0 radical (unpaired) electrons. The van der Waals surface area contributed by atoms with Crippen molar-refractivity contribution >= 4 is 65.5 Å². The zero-order valence-corrected chi connectivity index (χ0v) is 27.9. The third kappa shape index (κ3) is 4.46. The molecule has 10 nitrogen and oxygen atoms in total. The van der Waals surface area contributed by atoms with Crippen LogP contribution in [-0.2, 0) is 0 Å². The summed E-state index contributed by atoms with van der Waals surface area (Å²) in [5.41, 5.74) is 10.2. The maximum absolute atomic E-state index is 6.82. The second-order valence-electron chi connectivity index (χ2n) is 12.5. The lowest BCUT2D eigenvalue weighted by atomic mass is 9.84. The second kappa shape index (κ2) is 11.2. The number of hydrogen-bond acceptors (Lipinski definition) is 9. The van der Waals surface area contributed by atoms with Crippen LogP contribution in [0.1, 0.15) is 0 Å². The minimum atomic E-state index is 0.485. The van der Waals surface area contributed by atoms with E-state index < -0.39 is 0 Å². The molecule has 0 amide bonds. The number of fused-ring (bicyclic) bond motifs is 5. The van der Waals surface area contributed by atoms with Crippen molar-refractivity contribution in [1.82, 2.24) is 45.5 Å². The maximum atomic E-state index is 6.82. The van der Waals surface area contributed by atoms with Crippen molar-refractivity contribution in [3.8, 4) is 55.5 Å². The first-order chi connectivity index (χ1) is 25.7. The third-order valence-corrected chi connectivity index (χ3v) is 10.6. The number of imidazole rings is 1. The van der Waals surface area contributed by atoms with Crippen molar-refractivity contribution in [2.45, 2.75) is 0 Å². The molecule has 6 heterocycles. The monoisotopic (exact) mass is 689 g/mol. The number of aromatic amines is 2. The van der Waals surface area contributed by atoms with Gasteiger partial charge in [0.05, 0.1) is 29.3 Å². The predicted octanol–water partition coefficient (Wildman–Crippen LogP) is 9.86. The molecule has 0 bridgehead atoms. The van der Waals surface area contributed by atoms with Crippen LogP contribution in [0, 0.1) is 0 Å². The van der Waals surface area contributed by atoms with Crippen molar-refractivity contribution in [3.05, 3.63) is 128 Å². The number of nitrogens with zero attached hydrogens (tertiary/aromatic N) is 7. The maximum Gasteiger partial charge on any atom is 0.181 e. The lowest BCUT2D eigenvalue weighted by molar-refractivity contribution is 0.632. The molecule has 0 spiro atoms. The third-order valence-electron chi connectivity index (χ3n) is 9.48. The van der Waals surface area contributed by atoms with Crippen LogP contribution in [0.3, 0.4) is 0 Å². The van der Waals surface area contributed by atoms with E-state index >= 15 is 0 Å². The molecule has 0 unspecified atom stereocenters. The van der Waals surface area contributed by atoms with Gasteiger partial charge < -0.3 is 9.40 Å². The number of nitrogens with one attached hydrogen (secondary N) is 2. The first kappa shape index (κ1) is 28.7. The average molecular weight is 690 g/mol. The topological polar surface area (TPSA) is 135 Å². The van der Waals surface area contributed by atoms with E-state index in [1.165, 1.54) is 4.70 Å². The van der Waals surface area contributed by atoms with Gasteiger partial charge in [-0.3, -0.25) is 5.10 Å². The molecular formula is C41H23N9OS. The number of rotatable bonds is 5. The summed E-state index contributed by atoms with van der Waals surface area (Å²) >= 11 is 1.73. The lowest BCUT2D eigenvalue weighted by Gasteiger charge is -2.21. The van der Waals surface area contributed by atoms with Crippen LogP contribution in [0.2, 0.25) is 0 Å². The summed E-state index contributed by atoms with van der Waals surface area (Å²) < 4.78 is 7.98. The van der Waals surface area contributed by atoms with Crippen LogP contribution < -0.4 is 0 Å². The molecule has 52 heavy (non-hydrogen) atoms. The summed E-state index contributed by atoms with van der Waals surface area (Å²) in [5, 5.41) is 24.5. The number of para-hydroxylation sites is 1. The fourth-order valence-corrected chi connectivity index (χ4v) is 8.24. The van der Waals surface area contributed by atoms with E-state index in [0.29, 0.717) is 22.9 Å². The molecular weight excluding hydrogens is 667 g/mol. The smallest absolute Gasteiger partial charge is 0.181 e. The summed E-state index contributed by atoms with van der Waals surface area (Å²) in [6.45, 7) is 0. The fraction of sp³-hybridized carbons (Fsp3) is 0. The standard InChI is InChI=1S/C41H23N9OS/c1-4-12-28-22(8-1)16-30(47-46-28)36-27(40-42-20-31-41(45-40)44-21-43-31)19-26(25-11-7-13-29-39(25)49-50-48-29)37(35-18-24-10-3-6-15-34(24)52-35)38(36)33-17-23-9-2-5-14-32(23)51-33/h1-21H,(H,48,49,50)(H,42,43,44,45). The van der Waals surface area contributed by atoms with Gasteiger partial charge >= 0.3 is 0 Å². The van der Waals surface area contributed by atoms with E-state index in [1.54, 1.807) is 23.9 Å². The van der Waals surface area contributed by atoms with Gasteiger partial charge in [0, 0.05) is 48.2 Å². The van der Waals surface area contributed by atoms with Gasteiger partial charge in [0.2, 0.25) is 0 Å². The van der Waals surface area contributed by atoms with Gasteiger partial charge in [0.25, 0.3) is 0 Å². The van der Waals surface area contributed by atoms with Crippen LogP contribution in [0.4, 0.5) is 0 Å². The van der Waals surface area contributed by atoms with Crippen molar-refractivity contribution in [2.75, 3.05) is 0 Å². The second-order valence-corrected chi connectivity index (χ2v) is 13.6. The van der Waals surface area contributed by atoms with E-state index in [1.807, 2.05) is 54.6 Å². The SMILES string of the molecule is c1ccc2nnc(-c3c(-c4ncc5[nH]cnc5n4)cc(-c4cccc5[nH]nnc45)c(-c4cc5ccccc5s4)c3-c3cc4ccccc4o3)cc2c1. The van der Waals surface area contributed by atoms with Gasteiger partial charge in [-0.25, -0.2) is 15.0 Å². The average Bonchev–Trinajstić information content (AvgIpc) is 4.02. The van der Waals surface area contributed by atoms with Gasteiger partial charge in [0.1, 0.15) is 22.4 Å². The molecule has 244 valence electrons. The number of furan rings is 1. The van der Waals surface area contributed by atoms with Crippen LogP contribution in [0.15, 0.2) is 132 Å². The number of aromatic nitrogens is 9. The number of thiophene rings is 1. The molecule has 5 aromatic carbocycles.